The van der Waals surface area contributed by atoms with E-state index in [0.29, 0.717) is 5.92 Å². The predicted molar refractivity (Wildman–Crippen MR) is 105 cm³/mol. The molecule has 6 nitrogen and oxygen atoms in total. The van der Waals surface area contributed by atoms with Crippen molar-refractivity contribution in [1.29, 1.82) is 0 Å². The van der Waals surface area contributed by atoms with E-state index in [-0.39, 0.29) is 5.82 Å². The monoisotopic (exact) mass is 368 g/mol. The third-order valence-electron chi connectivity index (χ3n) is 5.19. The fourth-order valence-corrected chi connectivity index (χ4v) is 3.74. The summed E-state index contributed by atoms with van der Waals surface area (Å²) in [6.07, 6.45) is 5.46. The van der Waals surface area contributed by atoms with Gasteiger partial charge in [-0.15, -0.1) is 0 Å². The molecule has 0 spiro atoms. The van der Waals surface area contributed by atoms with Crippen LogP contribution in [0.3, 0.4) is 0 Å². The molecule has 1 saturated heterocycles. The standard InChI is InChI=1S/C20H25FN6/c1-2-27-15-16(13-24-27)14-25-8-10-26(11-9-25)20-19(22-6-7-23-20)17-4-3-5-18(21)12-17/h3-7,12-13,16H,2,8-11,14-15H2,1H3. The molecule has 3 heterocycles. The summed E-state index contributed by atoms with van der Waals surface area (Å²) >= 11 is 0. The molecule has 0 radical (unpaired) electrons. The molecule has 0 amide bonds. The Kier molecular flexibility index (Phi) is 5.29. The fraction of sp³-hybridized carbons (Fsp3) is 0.450. The maximum Gasteiger partial charge on any atom is 0.155 e. The van der Waals surface area contributed by atoms with E-state index in [9.17, 15) is 4.39 Å². The molecule has 1 unspecified atom stereocenters. The molecule has 1 aromatic carbocycles. The maximum absolute atomic E-state index is 13.6. The lowest BCUT2D eigenvalue weighted by Crippen LogP contribution is -2.48. The summed E-state index contributed by atoms with van der Waals surface area (Å²) in [7, 11) is 0. The van der Waals surface area contributed by atoms with Crippen LogP contribution in [0.15, 0.2) is 41.8 Å². The molecule has 2 aliphatic heterocycles. The Bertz CT molecular complexity index is 803. The second-order valence-corrected chi connectivity index (χ2v) is 7.06. The fourth-order valence-electron chi connectivity index (χ4n) is 3.74. The molecule has 2 aliphatic rings. The van der Waals surface area contributed by atoms with E-state index in [1.807, 2.05) is 6.07 Å². The van der Waals surface area contributed by atoms with Crippen molar-refractivity contribution >= 4 is 12.0 Å². The highest BCUT2D eigenvalue weighted by Crippen LogP contribution is 2.27. The number of benzene rings is 1. The van der Waals surface area contributed by atoms with Gasteiger partial charge in [0, 0.05) is 75.9 Å². The summed E-state index contributed by atoms with van der Waals surface area (Å²) in [5.41, 5.74) is 1.51. The van der Waals surface area contributed by atoms with Gasteiger partial charge in [-0.2, -0.15) is 5.10 Å². The summed E-state index contributed by atoms with van der Waals surface area (Å²) in [6, 6.07) is 6.56. The Morgan fingerprint density at radius 3 is 2.67 bits per heavy atom. The van der Waals surface area contributed by atoms with Crippen molar-refractivity contribution in [3.8, 4) is 11.3 Å². The van der Waals surface area contributed by atoms with Crippen LogP contribution in [-0.4, -0.2) is 71.9 Å². The van der Waals surface area contributed by atoms with Gasteiger partial charge in [-0.25, -0.2) is 9.37 Å². The molecule has 1 aromatic heterocycles. The Balaban J connectivity index is 1.41. The van der Waals surface area contributed by atoms with Gasteiger partial charge in [0.1, 0.15) is 11.5 Å². The Morgan fingerprint density at radius 1 is 1.11 bits per heavy atom. The number of nitrogens with zero attached hydrogens (tertiary/aromatic N) is 6. The van der Waals surface area contributed by atoms with Crippen LogP contribution in [0.4, 0.5) is 10.2 Å². The normalized spacial score (nSPS) is 20.4. The van der Waals surface area contributed by atoms with Gasteiger partial charge in [-0.1, -0.05) is 12.1 Å². The SMILES string of the molecule is CCN1CC(CN2CCN(c3nccnc3-c3cccc(F)c3)CC2)C=N1. The van der Waals surface area contributed by atoms with E-state index >= 15 is 0 Å². The van der Waals surface area contributed by atoms with Crippen LogP contribution in [-0.2, 0) is 0 Å². The van der Waals surface area contributed by atoms with Crippen LogP contribution in [0.1, 0.15) is 6.92 Å². The number of halogens is 1. The molecule has 0 aliphatic carbocycles. The number of hydrogen-bond acceptors (Lipinski definition) is 6. The lowest BCUT2D eigenvalue weighted by Gasteiger charge is -2.36. The summed E-state index contributed by atoms with van der Waals surface area (Å²) in [6.45, 7) is 8.91. The molecular formula is C20H25FN6. The first-order valence-corrected chi connectivity index (χ1v) is 9.56. The van der Waals surface area contributed by atoms with Crippen molar-refractivity contribution < 1.29 is 4.39 Å². The number of aromatic nitrogens is 2. The molecule has 0 saturated carbocycles. The first-order valence-electron chi connectivity index (χ1n) is 9.56. The van der Waals surface area contributed by atoms with Crippen LogP contribution in [0.25, 0.3) is 11.3 Å². The first-order chi connectivity index (χ1) is 13.2. The average molecular weight is 368 g/mol. The molecule has 142 valence electrons. The van der Waals surface area contributed by atoms with Crippen LogP contribution >= 0.6 is 0 Å². The van der Waals surface area contributed by atoms with E-state index in [1.54, 1.807) is 18.5 Å². The van der Waals surface area contributed by atoms with Crippen molar-refractivity contribution in [2.75, 3.05) is 50.7 Å². The van der Waals surface area contributed by atoms with E-state index in [1.165, 1.54) is 12.1 Å². The molecule has 7 heteroatoms. The second-order valence-electron chi connectivity index (χ2n) is 7.06. The van der Waals surface area contributed by atoms with Crippen molar-refractivity contribution in [3.63, 3.8) is 0 Å². The highest BCUT2D eigenvalue weighted by Gasteiger charge is 2.25. The highest BCUT2D eigenvalue weighted by molar-refractivity contribution is 5.72. The average Bonchev–Trinajstić information content (AvgIpc) is 3.16. The quantitative estimate of drug-likeness (QED) is 0.811. The van der Waals surface area contributed by atoms with Gasteiger partial charge in [0.2, 0.25) is 0 Å². The zero-order valence-electron chi connectivity index (χ0n) is 15.6. The Labute approximate surface area is 159 Å². The van der Waals surface area contributed by atoms with E-state index < -0.39 is 0 Å². The minimum absolute atomic E-state index is 0.256. The first kappa shape index (κ1) is 17.9. The smallest absolute Gasteiger partial charge is 0.155 e. The molecular weight excluding hydrogens is 343 g/mol. The van der Waals surface area contributed by atoms with Crippen LogP contribution in [0.5, 0.6) is 0 Å². The van der Waals surface area contributed by atoms with E-state index in [4.69, 9.17) is 0 Å². The van der Waals surface area contributed by atoms with Crippen LogP contribution in [0.2, 0.25) is 0 Å². The predicted octanol–water partition coefficient (Wildman–Crippen LogP) is 2.34. The lowest BCUT2D eigenvalue weighted by molar-refractivity contribution is 0.220. The zero-order chi connectivity index (χ0) is 18.6. The number of anilines is 1. The van der Waals surface area contributed by atoms with Gasteiger partial charge < -0.3 is 4.90 Å². The second kappa shape index (κ2) is 8.00. The number of hydrogen-bond donors (Lipinski definition) is 0. The Morgan fingerprint density at radius 2 is 1.93 bits per heavy atom. The minimum atomic E-state index is -0.256. The topological polar surface area (TPSA) is 47.9 Å². The number of rotatable bonds is 5. The largest absolute Gasteiger partial charge is 0.352 e. The third-order valence-corrected chi connectivity index (χ3v) is 5.19. The highest BCUT2D eigenvalue weighted by atomic mass is 19.1. The third kappa shape index (κ3) is 4.08. The minimum Gasteiger partial charge on any atom is -0.352 e. The number of piperazine rings is 1. The van der Waals surface area contributed by atoms with Crippen molar-refractivity contribution in [1.82, 2.24) is 19.9 Å². The number of hydrazone groups is 1. The van der Waals surface area contributed by atoms with Crippen molar-refractivity contribution in [3.05, 3.63) is 42.5 Å². The van der Waals surface area contributed by atoms with Crippen molar-refractivity contribution in [2.45, 2.75) is 6.92 Å². The molecule has 1 fully saturated rings. The van der Waals surface area contributed by atoms with Gasteiger partial charge in [-0.05, 0) is 19.1 Å². The molecule has 27 heavy (non-hydrogen) atoms. The van der Waals surface area contributed by atoms with Crippen LogP contribution < -0.4 is 4.90 Å². The lowest BCUT2D eigenvalue weighted by atomic mass is 10.1. The summed E-state index contributed by atoms with van der Waals surface area (Å²) in [4.78, 5) is 13.8. The van der Waals surface area contributed by atoms with Gasteiger partial charge in [0.15, 0.2) is 5.82 Å². The molecule has 0 bridgehead atoms. The van der Waals surface area contributed by atoms with Gasteiger partial charge >= 0.3 is 0 Å². The zero-order valence-corrected chi connectivity index (χ0v) is 15.6. The van der Waals surface area contributed by atoms with Gasteiger partial charge in [0.25, 0.3) is 0 Å². The van der Waals surface area contributed by atoms with Gasteiger partial charge in [-0.3, -0.25) is 14.9 Å². The molecule has 4 rings (SSSR count). The summed E-state index contributed by atoms with van der Waals surface area (Å²) in [5.74, 6) is 1.09. The van der Waals surface area contributed by atoms with E-state index in [0.717, 1.165) is 62.9 Å². The summed E-state index contributed by atoms with van der Waals surface area (Å²) in [5, 5.41) is 6.56. The van der Waals surface area contributed by atoms with Crippen LogP contribution in [0, 0.1) is 11.7 Å². The molecule has 2 aromatic rings. The van der Waals surface area contributed by atoms with Crippen molar-refractivity contribution in [2.24, 2.45) is 11.0 Å². The van der Waals surface area contributed by atoms with Gasteiger partial charge in [0.05, 0.1) is 0 Å². The maximum atomic E-state index is 13.6. The summed E-state index contributed by atoms with van der Waals surface area (Å²) < 4.78 is 13.6. The van der Waals surface area contributed by atoms with E-state index in [2.05, 4.69) is 43.0 Å². The molecule has 0 N–H and O–H groups in total. The Hall–Kier alpha value is -2.54. The molecule has 1 atom stereocenters.